The minimum Gasteiger partial charge on any atom is -0.310 e. The van der Waals surface area contributed by atoms with Gasteiger partial charge in [0.05, 0.1) is 6.54 Å². The molecule has 0 fully saturated rings. The highest BCUT2D eigenvalue weighted by Gasteiger charge is 2.05. The summed E-state index contributed by atoms with van der Waals surface area (Å²) >= 11 is 0. The average Bonchev–Trinajstić information content (AvgIpc) is 2.84. The van der Waals surface area contributed by atoms with Crippen LogP contribution in [0, 0.1) is 5.82 Å². The molecule has 0 bridgehead atoms. The zero-order chi connectivity index (χ0) is 13.5. The van der Waals surface area contributed by atoms with E-state index in [0.29, 0.717) is 19.5 Å². The number of aromatic nitrogens is 4. The summed E-state index contributed by atoms with van der Waals surface area (Å²) in [5.74, 6) is 0.601. The summed E-state index contributed by atoms with van der Waals surface area (Å²) in [6.07, 6.45) is 1.79. The van der Waals surface area contributed by atoms with Crippen LogP contribution in [0.3, 0.4) is 0 Å². The molecule has 0 aliphatic carbocycles. The molecule has 0 aliphatic heterocycles. The van der Waals surface area contributed by atoms with Crippen molar-refractivity contribution in [2.75, 3.05) is 6.54 Å². The van der Waals surface area contributed by atoms with Crippen molar-refractivity contribution in [3.05, 3.63) is 41.5 Å². The summed E-state index contributed by atoms with van der Waals surface area (Å²) in [4.78, 5) is 0. The molecule has 1 aromatic carbocycles. The van der Waals surface area contributed by atoms with Gasteiger partial charge in [-0.3, -0.25) is 0 Å². The molecule has 2 rings (SSSR count). The summed E-state index contributed by atoms with van der Waals surface area (Å²) in [6.45, 7) is 4.36. The standard InChI is InChI=1S/C13H18FN5/c1-2-7-15-10-13-16-17-18-19(13)8-6-11-4-3-5-12(14)9-11/h3-5,9,15H,2,6-8,10H2,1H3. The summed E-state index contributed by atoms with van der Waals surface area (Å²) in [5.41, 5.74) is 0.947. The van der Waals surface area contributed by atoms with Gasteiger partial charge in [-0.1, -0.05) is 19.1 Å². The Morgan fingerprint density at radius 1 is 1.37 bits per heavy atom. The van der Waals surface area contributed by atoms with Gasteiger partial charge in [0, 0.05) is 6.54 Å². The quantitative estimate of drug-likeness (QED) is 0.770. The molecule has 2 aromatic rings. The minimum absolute atomic E-state index is 0.209. The Hall–Kier alpha value is -1.82. The second-order valence-electron chi connectivity index (χ2n) is 4.37. The van der Waals surface area contributed by atoms with Crippen molar-refractivity contribution in [3.8, 4) is 0 Å². The molecule has 0 saturated heterocycles. The van der Waals surface area contributed by atoms with E-state index >= 15 is 0 Å². The Balaban J connectivity index is 1.90. The highest BCUT2D eigenvalue weighted by molar-refractivity contribution is 5.16. The second-order valence-corrected chi connectivity index (χ2v) is 4.37. The van der Waals surface area contributed by atoms with Gasteiger partial charge >= 0.3 is 0 Å². The van der Waals surface area contributed by atoms with Gasteiger partial charge in [0.25, 0.3) is 0 Å². The van der Waals surface area contributed by atoms with Crippen LogP contribution in [-0.4, -0.2) is 26.8 Å². The fraction of sp³-hybridized carbons (Fsp3) is 0.462. The van der Waals surface area contributed by atoms with Gasteiger partial charge < -0.3 is 5.32 Å². The Kier molecular flexibility index (Phi) is 4.97. The number of nitrogens with zero attached hydrogens (tertiary/aromatic N) is 4. The molecule has 0 unspecified atom stereocenters. The van der Waals surface area contributed by atoms with Crippen LogP contribution < -0.4 is 5.32 Å². The Labute approximate surface area is 111 Å². The second kappa shape index (κ2) is 6.94. The molecule has 1 aromatic heterocycles. The van der Waals surface area contributed by atoms with Crippen LogP contribution in [0.1, 0.15) is 24.7 Å². The van der Waals surface area contributed by atoms with Crippen LogP contribution in [0.4, 0.5) is 4.39 Å². The van der Waals surface area contributed by atoms with Gasteiger partial charge in [-0.15, -0.1) is 5.10 Å². The van der Waals surface area contributed by atoms with E-state index in [9.17, 15) is 4.39 Å². The zero-order valence-electron chi connectivity index (χ0n) is 11.0. The molecule has 6 heteroatoms. The number of halogens is 1. The SMILES string of the molecule is CCCNCc1nnnn1CCc1cccc(F)c1. The summed E-state index contributed by atoms with van der Waals surface area (Å²) in [7, 11) is 0. The van der Waals surface area contributed by atoms with Crippen molar-refractivity contribution in [1.29, 1.82) is 0 Å². The first kappa shape index (κ1) is 13.6. The molecule has 0 spiro atoms. The van der Waals surface area contributed by atoms with Gasteiger partial charge in [-0.05, 0) is 47.5 Å². The number of nitrogens with one attached hydrogen (secondary N) is 1. The largest absolute Gasteiger partial charge is 0.310 e. The van der Waals surface area contributed by atoms with Crippen molar-refractivity contribution in [1.82, 2.24) is 25.5 Å². The van der Waals surface area contributed by atoms with E-state index in [-0.39, 0.29) is 5.82 Å². The van der Waals surface area contributed by atoms with E-state index < -0.39 is 0 Å². The predicted molar refractivity (Wildman–Crippen MR) is 69.9 cm³/mol. The van der Waals surface area contributed by atoms with E-state index in [1.807, 2.05) is 6.07 Å². The molecular formula is C13H18FN5. The first-order valence-electron chi connectivity index (χ1n) is 6.50. The van der Waals surface area contributed by atoms with Gasteiger partial charge in [0.15, 0.2) is 5.82 Å². The minimum atomic E-state index is -0.209. The third-order valence-electron chi connectivity index (χ3n) is 2.82. The fourth-order valence-electron chi connectivity index (χ4n) is 1.83. The van der Waals surface area contributed by atoms with Gasteiger partial charge in [0.1, 0.15) is 5.82 Å². The zero-order valence-corrected chi connectivity index (χ0v) is 11.0. The van der Waals surface area contributed by atoms with E-state index in [2.05, 4.69) is 27.8 Å². The van der Waals surface area contributed by atoms with Crippen LogP contribution in [0.25, 0.3) is 0 Å². The van der Waals surface area contributed by atoms with Crippen LogP contribution >= 0.6 is 0 Å². The number of aryl methyl sites for hydroxylation is 2. The van der Waals surface area contributed by atoms with Crippen molar-refractivity contribution in [2.45, 2.75) is 32.9 Å². The third kappa shape index (κ3) is 4.10. The lowest BCUT2D eigenvalue weighted by atomic mass is 10.1. The Bertz CT molecular complexity index is 511. The molecule has 102 valence electrons. The number of hydrogen-bond acceptors (Lipinski definition) is 4. The van der Waals surface area contributed by atoms with E-state index in [1.165, 1.54) is 6.07 Å². The molecule has 19 heavy (non-hydrogen) atoms. The fourth-order valence-corrected chi connectivity index (χ4v) is 1.83. The maximum atomic E-state index is 13.1. The summed E-state index contributed by atoms with van der Waals surface area (Å²) < 4.78 is 14.8. The lowest BCUT2D eigenvalue weighted by molar-refractivity contribution is 0.539. The predicted octanol–water partition coefficient (Wildman–Crippen LogP) is 1.55. The molecule has 0 atom stereocenters. The third-order valence-corrected chi connectivity index (χ3v) is 2.82. The molecule has 0 amide bonds. The van der Waals surface area contributed by atoms with Crippen LogP contribution in [0.5, 0.6) is 0 Å². The van der Waals surface area contributed by atoms with E-state index in [1.54, 1.807) is 16.8 Å². The molecule has 0 aliphatic rings. The molecule has 0 saturated carbocycles. The van der Waals surface area contributed by atoms with E-state index in [4.69, 9.17) is 0 Å². The topological polar surface area (TPSA) is 55.6 Å². The highest BCUT2D eigenvalue weighted by atomic mass is 19.1. The van der Waals surface area contributed by atoms with Crippen LogP contribution in [-0.2, 0) is 19.5 Å². The number of hydrogen-bond donors (Lipinski definition) is 1. The van der Waals surface area contributed by atoms with Crippen molar-refractivity contribution in [2.24, 2.45) is 0 Å². The smallest absolute Gasteiger partial charge is 0.165 e. The lowest BCUT2D eigenvalue weighted by Gasteiger charge is -2.05. The normalized spacial score (nSPS) is 10.8. The van der Waals surface area contributed by atoms with Gasteiger partial charge in [-0.2, -0.15) is 0 Å². The molecule has 1 heterocycles. The Morgan fingerprint density at radius 2 is 2.26 bits per heavy atom. The van der Waals surface area contributed by atoms with Crippen LogP contribution in [0.15, 0.2) is 24.3 Å². The van der Waals surface area contributed by atoms with Crippen molar-refractivity contribution < 1.29 is 4.39 Å². The maximum absolute atomic E-state index is 13.1. The lowest BCUT2D eigenvalue weighted by Crippen LogP contribution is -2.18. The molecule has 5 nitrogen and oxygen atoms in total. The molecular weight excluding hydrogens is 245 g/mol. The number of benzene rings is 1. The number of rotatable bonds is 7. The van der Waals surface area contributed by atoms with Gasteiger partial charge in [-0.25, -0.2) is 9.07 Å². The summed E-state index contributed by atoms with van der Waals surface area (Å²) in [5, 5.41) is 14.9. The van der Waals surface area contributed by atoms with Crippen molar-refractivity contribution >= 4 is 0 Å². The van der Waals surface area contributed by atoms with Crippen LogP contribution in [0.2, 0.25) is 0 Å². The molecule has 1 N–H and O–H groups in total. The first-order valence-corrected chi connectivity index (χ1v) is 6.50. The van der Waals surface area contributed by atoms with E-state index in [0.717, 1.165) is 24.4 Å². The number of tetrazole rings is 1. The highest BCUT2D eigenvalue weighted by Crippen LogP contribution is 2.05. The molecule has 0 radical (unpaired) electrons. The summed E-state index contributed by atoms with van der Waals surface area (Å²) in [6, 6.07) is 6.61. The van der Waals surface area contributed by atoms with Gasteiger partial charge in [0.2, 0.25) is 0 Å². The monoisotopic (exact) mass is 263 g/mol. The average molecular weight is 263 g/mol. The maximum Gasteiger partial charge on any atom is 0.165 e. The first-order chi connectivity index (χ1) is 9.29. The Morgan fingerprint density at radius 3 is 3.05 bits per heavy atom. The van der Waals surface area contributed by atoms with Crippen molar-refractivity contribution in [3.63, 3.8) is 0 Å².